The number of rotatable bonds is 7. The summed E-state index contributed by atoms with van der Waals surface area (Å²) >= 11 is 0. The molecule has 0 aliphatic carbocycles. The minimum atomic E-state index is -2.97. The molecule has 2 aromatic carbocycles. The Morgan fingerprint density at radius 1 is 1.06 bits per heavy atom. The number of nitrogens with two attached hydrogens (primary N) is 2. The van der Waals surface area contributed by atoms with Crippen LogP contribution in [0.2, 0.25) is 0 Å². The third-order valence-corrected chi connectivity index (χ3v) is 4.56. The fraction of sp³-hybridized carbons (Fsp3) is 0.190. The summed E-state index contributed by atoms with van der Waals surface area (Å²) in [7, 11) is 0. The molecule has 9 nitrogen and oxygen atoms in total. The van der Waals surface area contributed by atoms with Gasteiger partial charge in [-0.05, 0) is 29.8 Å². The van der Waals surface area contributed by atoms with Crippen LogP contribution in [0.1, 0.15) is 32.9 Å². The molecule has 12 heteroatoms. The van der Waals surface area contributed by atoms with Crippen molar-refractivity contribution in [2.45, 2.75) is 12.5 Å². The minimum absolute atomic E-state index is 0. The van der Waals surface area contributed by atoms with E-state index in [1.807, 2.05) is 0 Å². The molecule has 176 valence electrons. The lowest BCUT2D eigenvalue weighted by molar-refractivity contribution is 0.0879. The normalized spacial score (nSPS) is 10.8. The van der Waals surface area contributed by atoms with E-state index in [1.54, 1.807) is 18.2 Å². The fourth-order valence-electron chi connectivity index (χ4n) is 3.14. The molecule has 33 heavy (non-hydrogen) atoms. The van der Waals surface area contributed by atoms with E-state index in [2.05, 4.69) is 10.3 Å². The number of carbonyl (C=O) groups excluding carboxylic acids is 2. The van der Waals surface area contributed by atoms with E-state index in [-0.39, 0.29) is 40.2 Å². The maximum absolute atomic E-state index is 13.8. The van der Waals surface area contributed by atoms with Crippen molar-refractivity contribution in [3.63, 3.8) is 0 Å². The van der Waals surface area contributed by atoms with Gasteiger partial charge in [-0.15, -0.1) is 12.4 Å². The van der Waals surface area contributed by atoms with Crippen molar-refractivity contribution >= 4 is 41.2 Å². The van der Waals surface area contributed by atoms with E-state index in [0.717, 1.165) is 0 Å². The van der Waals surface area contributed by atoms with Gasteiger partial charge in [-0.25, -0.2) is 8.78 Å². The molecular formula is C21H21ClF2N4O5. The first-order valence-corrected chi connectivity index (χ1v) is 9.36. The van der Waals surface area contributed by atoms with Crippen LogP contribution < -0.4 is 16.8 Å². The predicted molar refractivity (Wildman–Crippen MR) is 119 cm³/mol. The maximum atomic E-state index is 13.8. The summed E-state index contributed by atoms with van der Waals surface area (Å²) in [6.07, 6.45) is -2.97. The standard InChI is InChI=1S/C21H20F2N4O5.ClH/c22-18(23)17-16(14-3-1-2-4-15(14)32-17)10-5-11(19(30)26-13(8-28)9-29)7-12(6-10)20(31)27-21(24)25;/h1-7,13,18,28-29H,8-9H2,(H,26,30)(H4,24,25,27,31);1H. The van der Waals surface area contributed by atoms with E-state index in [1.165, 1.54) is 24.3 Å². The Labute approximate surface area is 192 Å². The summed E-state index contributed by atoms with van der Waals surface area (Å²) in [6, 6.07) is 9.09. The van der Waals surface area contributed by atoms with Crippen molar-refractivity contribution in [3.05, 3.63) is 59.4 Å². The van der Waals surface area contributed by atoms with Gasteiger partial charge in [-0.2, -0.15) is 4.99 Å². The van der Waals surface area contributed by atoms with Gasteiger partial charge in [0.15, 0.2) is 11.7 Å². The van der Waals surface area contributed by atoms with Crippen LogP contribution >= 0.6 is 12.4 Å². The molecule has 0 aliphatic heterocycles. The van der Waals surface area contributed by atoms with Crippen molar-refractivity contribution in [2.24, 2.45) is 16.5 Å². The number of nitrogens with one attached hydrogen (secondary N) is 1. The second kappa shape index (κ2) is 10.9. The van der Waals surface area contributed by atoms with Crippen LogP contribution in [0.15, 0.2) is 51.9 Å². The zero-order chi connectivity index (χ0) is 23.4. The van der Waals surface area contributed by atoms with E-state index in [4.69, 9.17) is 15.9 Å². The van der Waals surface area contributed by atoms with Crippen LogP contribution in [0.25, 0.3) is 22.1 Å². The largest absolute Gasteiger partial charge is 0.454 e. The average molecular weight is 483 g/mol. The second-order valence-corrected chi connectivity index (χ2v) is 6.81. The number of hydrogen-bond donors (Lipinski definition) is 5. The van der Waals surface area contributed by atoms with E-state index < -0.39 is 49.2 Å². The summed E-state index contributed by atoms with van der Waals surface area (Å²) in [5.74, 6) is -2.81. The number of halogens is 3. The van der Waals surface area contributed by atoms with Gasteiger partial charge >= 0.3 is 0 Å². The predicted octanol–water partition coefficient (Wildman–Crippen LogP) is 1.96. The third kappa shape index (κ3) is 5.64. The number of carbonyl (C=O) groups is 2. The molecule has 1 heterocycles. The Morgan fingerprint density at radius 3 is 2.30 bits per heavy atom. The number of guanidine groups is 1. The van der Waals surface area contributed by atoms with Gasteiger partial charge in [-0.3, -0.25) is 9.59 Å². The number of aliphatic hydroxyl groups excluding tert-OH is 2. The average Bonchev–Trinajstić information content (AvgIpc) is 3.16. The Morgan fingerprint density at radius 2 is 1.70 bits per heavy atom. The molecule has 0 radical (unpaired) electrons. The molecule has 0 saturated carbocycles. The number of para-hydroxylation sites is 1. The van der Waals surface area contributed by atoms with Crippen molar-refractivity contribution in [1.82, 2.24) is 5.32 Å². The van der Waals surface area contributed by atoms with Crippen molar-refractivity contribution in [3.8, 4) is 11.1 Å². The number of aliphatic hydroxyl groups is 2. The molecule has 0 unspecified atom stereocenters. The maximum Gasteiger partial charge on any atom is 0.296 e. The molecule has 7 N–H and O–H groups in total. The number of aliphatic imine (C=N–C) groups is 1. The quantitative estimate of drug-likeness (QED) is 0.253. The number of furan rings is 1. The molecule has 0 fully saturated rings. The number of amides is 2. The number of nitrogens with zero attached hydrogens (tertiary/aromatic N) is 1. The topological polar surface area (TPSA) is 164 Å². The number of benzene rings is 2. The lowest BCUT2D eigenvalue weighted by atomic mass is 9.96. The van der Waals surface area contributed by atoms with Crippen LogP contribution in [-0.4, -0.2) is 47.2 Å². The van der Waals surface area contributed by atoms with Crippen LogP contribution in [-0.2, 0) is 0 Å². The Hall–Kier alpha value is -3.54. The lowest BCUT2D eigenvalue weighted by Crippen LogP contribution is -2.40. The van der Waals surface area contributed by atoms with Gasteiger partial charge in [-0.1, -0.05) is 18.2 Å². The van der Waals surface area contributed by atoms with Crippen LogP contribution in [0.3, 0.4) is 0 Å². The summed E-state index contributed by atoms with van der Waals surface area (Å²) in [6.45, 7) is -1.08. The highest BCUT2D eigenvalue weighted by atomic mass is 35.5. The Bertz CT molecular complexity index is 1190. The van der Waals surface area contributed by atoms with Gasteiger partial charge in [0, 0.05) is 22.1 Å². The van der Waals surface area contributed by atoms with Gasteiger partial charge in [0.2, 0.25) is 0 Å². The lowest BCUT2D eigenvalue weighted by Gasteiger charge is -2.14. The smallest absolute Gasteiger partial charge is 0.296 e. The van der Waals surface area contributed by atoms with Gasteiger partial charge in [0.05, 0.1) is 19.3 Å². The number of alkyl halides is 2. The minimum Gasteiger partial charge on any atom is -0.454 e. The molecule has 3 rings (SSSR count). The van der Waals surface area contributed by atoms with Crippen LogP contribution in [0.5, 0.6) is 0 Å². The van der Waals surface area contributed by atoms with Crippen LogP contribution in [0, 0.1) is 0 Å². The number of fused-ring (bicyclic) bond motifs is 1. The SMILES string of the molecule is Cl.NC(N)=NC(=O)c1cc(C(=O)NC(CO)CO)cc(-c2c(C(F)F)oc3ccccc23)c1. The highest BCUT2D eigenvalue weighted by molar-refractivity contribution is 6.06. The number of hydrogen-bond acceptors (Lipinski definition) is 5. The summed E-state index contributed by atoms with van der Waals surface area (Å²) in [5, 5.41) is 21.2. The van der Waals surface area contributed by atoms with Crippen molar-refractivity contribution in [1.29, 1.82) is 0 Å². The molecule has 2 amide bonds. The van der Waals surface area contributed by atoms with Crippen molar-refractivity contribution in [2.75, 3.05) is 13.2 Å². The van der Waals surface area contributed by atoms with Gasteiger partial charge in [0.25, 0.3) is 18.2 Å². The van der Waals surface area contributed by atoms with E-state index in [9.17, 15) is 28.6 Å². The molecular weight excluding hydrogens is 462 g/mol. The first kappa shape index (κ1) is 25.7. The molecule has 1 aromatic heterocycles. The first-order chi connectivity index (χ1) is 15.2. The zero-order valence-electron chi connectivity index (χ0n) is 17.0. The monoisotopic (exact) mass is 482 g/mol. The summed E-state index contributed by atoms with van der Waals surface area (Å²) < 4.78 is 32.8. The highest BCUT2D eigenvalue weighted by Crippen LogP contribution is 2.40. The molecule has 0 aliphatic rings. The molecule has 0 saturated heterocycles. The summed E-state index contributed by atoms with van der Waals surface area (Å²) in [5.41, 5.74) is 10.6. The molecule has 0 atom stereocenters. The Kier molecular flexibility index (Phi) is 8.46. The van der Waals surface area contributed by atoms with Crippen molar-refractivity contribution < 1.29 is 33.0 Å². The molecule has 0 bridgehead atoms. The second-order valence-electron chi connectivity index (χ2n) is 6.81. The van der Waals surface area contributed by atoms with E-state index in [0.29, 0.717) is 5.39 Å². The first-order valence-electron chi connectivity index (χ1n) is 9.36. The zero-order valence-corrected chi connectivity index (χ0v) is 17.8. The highest BCUT2D eigenvalue weighted by Gasteiger charge is 2.25. The van der Waals surface area contributed by atoms with Crippen LogP contribution in [0.4, 0.5) is 8.78 Å². The third-order valence-electron chi connectivity index (χ3n) is 4.56. The molecule has 3 aromatic rings. The van der Waals surface area contributed by atoms with Gasteiger partial charge < -0.3 is 31.4 Å². The molecule has 0 spiro atoms. The van der Waals surface area contributed by atoms with Gasteiger partial charge in [0.1, 0.15) is 5.58 Å². The van der Waals surface area contributed by atoms with E-state index >= 15 is 0 Å². The Balaban J connectivity index is 0.00000385. The summed E-state index contributed by atoms with van der Waals surface area (Å²) in [4.78, 5) is 28.5. The fourth-order valence-corrected chi connectivity index (χ4v) is 3.14.